The second kappa shape index (κ2) is 7.77. The van der Waals surface area contributed by atoms with Gasteiger partial charge in [0.25, 0.3) is 0 Å². The molecule has 0 spiro atoms. The third-order valence-corrected chi connectivity index (χ3v) is 5.36. The van der Waals surface area contributed by atoms with Crippen molar-refractivity contribution in [1.29, 1.82) is 0 Å². The summed E-state index contributed by atoms with van der Waals surface area (Å²) in [4.78, 5) is 0. The van der Waals surface area contributed by atoms with Crippen molar-refractivity contribution in [3.05, 3.63) is 0 Å². The molecule has 20 heavy (non-hydrogen) atoms. The largest absolute Gasteiger partial charge is 0.381 e. The van der Waals surface area contributed by atoms with E-state index in [0.717, 1.165) is 43.7 Å². The number of hydrogen-bond acceptors (Lipinski definition) is 3. The summed E-state index contributed by atoms with van der Waals surface area (Å²) in [6, 6.07) is 1.55. The maximum absolute atomic E-state index is 5.71. The molecule has 0 amide bonds. The molecule has 2 aliphatic carbocycles. The van der Waals surface area contributed by atoms with E-state index in [0.29, 0.717) is 0 Å². The molecular formula is C17H32N2O. The maximum Gasteiger partial charge on any atom is 0.0494 e. The van der Waals surface area contributed by atoms with Gasteiger partial charge in [-0.2, -0.15) is 0 Å². The molecule has 0 aromatic carbocycles. The SMILES string of the molecule is C1CCC(C2CCCC2NCCCOCC2CC2)NC1. The summed E-state index contributed by atoms with van der Waals surface area (Å²) in [6.45, 7) is 4.34. The van der Waals surface area contributed by atoms with E-state index in [4.69, 9.17) is 4.74 Å². The van der Waals surface area contributed by atoms with E-state index in [2.05, 4.69) is 10.6 Å². The van der Waals surface area contributed by atoms with Crippen LogP contribution in [0.15, 0.2) is 0 Å². The van der Waals surface area contributed by atoms with E-state index >= 15 is 0 Å². The zero-order chi connectivity index (χ0) is 13.6. The van der Waals surface area contributed by atoms with Crippen molar-refractivity contribution in [2.45, 2.75) is 69.9 Å². The molecule has 0 radical (unpaired) electrons. The Hall–Kier alpha value is -0.120. The molecule has 2 N–H and O–H groups in total. The van der Waals surface area contributed by atoms with Crippen molar-refractivity contribution in [3.63, 3.8) is 0 Å². The van der Waals surface area contributed by atoms with Crippen LogP contribution in [-0.2, 0) is 4.74 Å². The Labute approximate surface area is 124 Å². The van der Waals surface area contributed by atoms with Crippen molar-refractivity contribution in [2.75, 3.05) is 26.3 Å². The summed E-state index contributed by atoms with van der Waals surface area (Å²) in [5.74, 6) is 1.78. The highest BCUT2D eigenvalue weighted by Crippen LogP contribution is 2.31. The lowest BCUT2D eigenvalue weighted by atomic mass is 9.88. The highest BCUT2D eigenvalue weighted by Gasteiger charge is 2.33. The molecule has 0 aromatic rings. The van der Waals surface area contributed by atoms with Gasteiger partial charge in [-0.25, -0.2) is 0 Å². The molecular weight excluding hydrogens is 248 g/mol. The van der Waals surface area contributed by atoms with Crippen LogP contribution < -0.4 is 10.6 Å². The first-order valence-corrected chi connectivity index (χ1v) is 8.98. The Kier molecular flexibility index (Phi) is 5.75. The number of nitrogens with one attached hydrogen (secondary N) is 2. The van der Waals surface area contributed by atoms with Gasteiger partial charge in [-0.05, 0) is 69.9 Å². The normalized spacial score (nSPS) is 34.5. The molecule has 3 rings (SSSR count). The third kappa shape index (κ3) is 4.44. The van der Waals surface area contributed by atoms with Crippen molar-refractivity contribution < 1.29 is 4.74 Å². The first-order chi connectivity index (χ1) is 9.93. The number of hydrogen-bond donors (Lipinski definition) is 2. The molecule has 3 unspecified atom stereocenters. The lowest BCUT2D eigenvalue weighted by Gasteiger charge is -2.33. The van der Waals surface area contributed by atoms with Crippen molar-refractivity contribution >= 4 is 0 Å². The summed E-state index contributed by atoms with van der Waals surface area (Å²) in [7, 11) is 0. The van der Waals surface area contributed by atoms with E-state index in [1.165, 1.54) is 64.3 Å². The van der Waals surface area contributed by atoms with Gasteiger partial charge >= 0.3 is 0 Å². The van der Waals surface area contributed by atoms with Gasteiger partial charge in [-0.1, -0.05) is 12.8 Å². The van der Waals surface area contributed by atoms with E-state index in [9.17, 15) is 0 Å². The van der Waals surface area contributed by atoms with E-state index in [1.807, 2.05) is 0 Å². The molecule has 3 fully saturated rings. The molecule has 1 saturated heterocycles. The van der Waals surface area contributed by atoms with Gasteiger partial charge in [0.15, 0.2) is 0 Å². The second-order valence-electron chi connectivity index (χ2n) is 7.08. The van der Waals surface area contributed by atoms with Gasteiger partial charge in [0.05, 0.1) is 0 Å². The Balaban J connectivity index is 1.29. The van der Waals surface area contributed by atoms with Crippen molar-refractivity contribution in [1.82, 2.24) is 10.6 Å². The Bertz CT molecular complexity index is 274. The predicted octanol–water partition coefficient (Wildman–Crippen LogP) is 2.70. The van der Waals surface area contributed by atoms with Crippen LogP contribution in [0.4, 0.5) is 0 Å². The van der Waals surface area contributed by atoms with Crippen LogP contribution in [0.1, 0.15) is 57.8 Å². The van der Waals surface area contributed by atoms with Crippen LogP contribution in [0.3, 0.4) is 0 Å². The van der Waals surface area contributed by atoms with Crippen molar-refractivity contribution in [3.8, 4) is 0 Å². The minimum absolute atomic E-state index is 0.758. The molecule has 116 valence electrons. The summed E-state index contributed by atoms with van der Waals surface area (Å²) >= 11 is 0. The average molecular weight is 280 g/mol. The third-order valence-electron chi connectivity index (χ3n) is 5.36. The number of piperidine rings is 1. The first-order valence-electron chi connectivity index (χ1n) is 8.98. The van der Waals surface area contributed by atoms with Crippen LogP contribution in [-0.4, -0.2) is 38.4 Å². The molecule has 3 heteroatoms. The number of rotatable bonds is 8. The van der Waals surface area contributed by atoms with Crippen molar-refractivity contribution in [2.24, 2.45) is 11.8 Å². The zero-order valence-corrected chi connectivity index (χ0v) is 12.9. The van der Waals surface area contributed by atoms with E-state index in [-0.39, 0.29) is 0 Å². The smallest absolute Gasteiger partial charge is 0.0494 e. The molecule has 3 atom stereocenters. The monoisotopic (exact) mass is 280 g/mol. The fourth-order valence-corrected chi connectivity index (χ4v) is 3.96. The molecule has 0 bridgehead atoms. The van der Waals surface area contributed by atoms with E-state index < -0.39 is 0 Å². The minimum Gasteiger partial charge on any atom is -0.381 e. The molecule has 3 nitrogen and oxygen atoms in total. The van der Waals surface area contributed by atoms with Gasteiger partial charge in [0.2, 0.25) is 0 Å². The Morgan fingerprint density at radius 1 is 1.00 bits per heavy atom. The summed E-state index contributed by atoms with van der Waals surface area (Å²) in [5.41, 5.74) is 0. The second-order valence-corrected chi connectivity index (χ2v) is 7.08. The highest BCUT2D eigenvalue weighted by molar-refractivity contribution is 4.92. The van der Waals surface area contributed by atoms with Crippen LogP contribution >= 0.6 is 0 Å². The first kappa shape index (κ1) is 14.8. The molecule has 1 heterocycles. The molecule has 1 aliphatic heterocycles. The van der Waals surface area contributed by atoms with Gasteiger partial charge in [-0.15, -0.1) is 0 Å². The van der Waals surface area contributed by atoms with Crippen LogP contribution in [0, 0.1) is 11.8 Å². The lowest BCUT2D eigenvalue weighted by Crippen LogP contribution is -2.47. The quantitative estimate of drug-likeness (QED) is 0.671. The summed E-state index contributed by atoms with van der Waals surface area (Å²) in [6.07, 6.45) is 12.4. The lowest BCUT2D eigenvalue weighted by molar-refractivity contribution is 0.120. The molecule has 0 aromatic heterocycles. The zero-order valence-electron chi connectivity index (χ0n) is 12.9. The standard InChI is InChI=1S/C17H32N2O/c1-2-10-18-16(6-1)15-5-3-7-17(15)19-11-4-12-20-13-14-8-9-14/h14-19H,1-13H2. The predicted molar refractivity (Wildman–Crippen MR) is 82.9 cm³/mol. The van der Waals surface area contributed by atoms with Gasteiger partial charge in [-0.3, -0.25) is 0 Å². The topological polar surface area (TPSA) is 33.3 Å². The highest BCUT2D eigenvalue weighted by atomic mass is 16.5. The summed E-state index contributed by atoms with van der Waals surface area (Å²) < 4.78 is 5.71. The maximum atomic E-state index is 5.71. The minimum atomic E-state index is 0.758. The fourth-order valence-electron chi connectivity index (χ4n) is 3.96. The fraction of sp³-hybridized carbons (Fsp3) is 1.00. The van der Waals surface area contributed by atoms with Crippen LogP contribution in [0.2, 0.25) is 0 Å². The van der Waals surface area contributed by atoms with E-state index in [1.54, 1.807) is 0 Å². The number of ether oxygens (including phenoxy) is 1. The average Bonchev–Trinajstić information content (AvgIpc) is 3.20. The molecule has 2 saturated carbocycles. The Morgan fingerprint density at radius 2 is 1.95 bits per heavy atom. The molecule has 3 aliphatic rings. The van der Waals surface area contributed by atoms with Gasteiger partial charge in [0.1, 0.15) is 0 Å². The summed E-state index contributed by atoms with van der Waals surface area (Å²) in [5, 5.41) is 7.57. The van der Waals surface area contributed by atoms with Crippen LogP contribution in [0.25, 0.3) is 0 Å². The van der Waals surface area contributed by atoms with Crippen LogP contribution in [0.5, 0.6) is 0 Å². The Morgan fingerprint density at radius 3 is 2.75 bits per heavy atom. The van der Waals surface area contributed by atoms with Gasteiger partial charge in [0, 0.05) is 25.3 Å². The van der Waals surface area contributed by atoms with Gasteiger partial charge < -0.3 is 15.4 Å².